The van der Waals surface area contributed by atoms with Crippen molar-refractivity contribution in [3.05, 3.63) is 0 Å². The molecule has 7 nitrogen and oxygen atoms in total. The number of ether oxygens (including phenoxy) is 1. The Bertz CT molecular complexity index is 375. The Balaban J connectivity index is 2.69. The Hall–Kier alpha value is -1.79. The third-order valence-corrected chi connectivity index (χ3v) is 3.15. The van der Waals surface area contributed by atoms with E-state index in [1.807, 2.05) is 0 Å². The van der Waals surface area contributed by atoms with Crippen molar-refractivity contribution in [2.75, 3.05) is 13.1 Å². The maximum Gasteiger partial charge on any atom is 0.410 e. The summed E-state index contributed by atoms with van der Waals surface area (Å²) >= 11 is 0. The topological polar surface area (TPSA) is 110 Å². The van der Waals surface area contributed by atoms with E-state index in [0.717, 1.165) is 0 Å². The predicted molar refractivity (Wildman–Crippen MR) is 66.3 cm³/mol. The van der Waals surface area contributed by atoms with Crippen LogP contribution >= 0.6 is 0 Å². The van der Waals surface area contributed by atoms with Gasteiger partial charge < -0.3 is 20.5 Å². The van der Waals surface area contributed by atoms with Crippen LogP contribution in [0.1, 0.15) is 33.6 Å². The summed E-state index contributed by atoms with van der Waals surface area (Å²) in [4.78, 5) is 35.7. The molecule has 3 N–H and O–H groups in total. The molecule has 7 heteroatoms. The highest BCUT2D eigenvalue weighted by Gasteiger charge is 2.48. The quantitative estimate of drug-likeness (QED) is 0.714. The van der Waals surface area contributed by atoms with Gasteiger partial charge >= 0.3 is 12.1 Å². The monoisotopic (exact) mass is 272 g/mol. The summed E-state index contributed by atoms with van der Waals surface area (Å²) in [6.07, 6.45) is -0.482. The van der Waals surface area contributed by atoms with Crippen LogP contribution in [0.15, 0.2) is 0 Å². The van der Waals surface area contributed by atoms with Crippen LogP contribution < -0.4 is 5.73 Å². The number of hydrogen-bond acceptors (Lipinski definition) is 4. The van der Waals surface area contributed by atoms with E-state index < -0.39 is 29.0 Å². The minimum Gasteiger partial charge on any atom is -0.480 e. The number of hydrogen-bond donors (Lipinski definition) is 2. The second-order valence-corrected chi connectivity index (χ2v) is 5.72. The molecular weight excluding hydrogens is 252 g/mol. The molecule has 0 atom stereocenters. The van der Waals surface area contributed by atoms with Gasteiger partial charge in [-0.2, -0.15) is 0 Å². The summed E-state index contributed by atoms with van der Waals surface area (Å²) in [6.45, 7) is 5.54. The van der Waals surface area contributed by atoms with Crippen LogP contribution in [-0.4, -0.2) is 46.7 Å². The summed E-state index contributed by atoms with van der Waals surface area (Å²) in [5.74, 6) is -2.09. The standard InChI is InChI=1S/C12H20N2O5/c1-11(2,3)19-10(18)14-6-4-12(5-7-14,8(13)15)9(16)17/h4-7H2,1-3H3,(H2,13,15)(H,16,17). The lowest BCUT2D eigenvalue weighted by atomic mass is 9.78. The molecule has 1 fully saturated rings. The van der Waals surface area contributed by atoms with Gasteiger partial charge in [-0.1, -0.05) is 0 Å². The fourth-order valence-corrected chi connectivity index (χ4v) is 1.96. The van der Waals surface area contributed by atoms with E-state index in [1.54, 1.807) is 20.8 Å². The van der Waals surface area contributed by atoms with Crippen molar-refractivity contribution in [1.82, 2.24) is 4.90 Å². The lowest BCUT2D eigenvalue weighted by molar-refractivity contribution is -0.158. The maximum atomic E-state index is 11.8. The Morgan fingerprint density at radius 2 is 1.68 bits per heavy atom. The summed E-state index contributed by atoms with van der Waals surface area (Å²) < 4.78 is 5.19. The molecule has 1 aliphatic rings. The molecule has 108 valence electrons. The third-order valence-electron chi connectivity index (χ3n) is 3.15. The molecule has 0 aromatic heterocycles. The molecular formula is C12H20N2O5. The number of carbonyl (C=O) groups is 3. The van der Waals surface area contributed by atoms with Crippen LogP contribution in [0.25, 0.3) is 0 Å². The van der Waals surface area contributed by atoms with Gasteiger partial charge in [-0.25, -0.2) is 4.79 Å². The van der Waals surface area contributed by atoms with E-state index in [9.17, 15) is 14.4 Å². The minimum absolute atomic E-state index is 0.0108. The van der Waals surface area contributed by atoms with Crippen LogP contribution in [0.2, 0.25) is 0 Å². The SMILES string of the molecule is CC(C)(C)OC(=O)N1CCC(C(N)=O)(C(=O)O)CC1. The molecule has 0 saturated carbocycles. The Labute approximate surface area is 111 Å². The minimum atomic E-state index is -1.57. The highest BCUT2D eigenvalue weighted by atomic mass is 16.6. The van der Waals surface area contributed by atoms with Gasteiger partial charge in [0.05, 0.1) is 0 Å². The molecule has 19 heavy (non-hydrogen) atoms. The van der Waals surface area contributed by atoms with Gasteiger partial charge in [0.2, 0.25) is 5.91 Å². The zero-order valence-electron chi connectivity index (χ0n) is 11.4. The van der Waals surface area contributed by atoms with Gasteiger partial charge in [0.15, 0.2) is 0 Å². The third kappa shape index (κ3) is 3.36. The van der Waals surface area contributed by atoms with Crippen molar-refractivity contribution in [2.24, 2.45) is 11.1 Å². The molecule has 0 radical (unpaired) electrons. The predicted octanol–water partition coefficient (Wildman–Crippen LogP) is 0.574. The Kier molecular flexibility index (Phi) is 4.07. The number of carbonyl (C=O) groups excluding carboxylic acids is 2. The van der Waals surface area contributed by atoms with Gasteiger partial charge in [0.25, 0.3) is 0 Å². The molecule has 0 aliphatic carbocycles. The van der Waals surface area contributed by atoms with Crippen LogP contribution in [0, 0.1) is 5.41 Å². The zero-order valence-corrected chi connectivity index (χ0v) is 11.4. The normalized spacial score (nSPS) is 18.8. The zero-order chi connectivity index (χ0) is 14.8. The number of carboxylic acids is 1. The first-order valence-corrected chi connectivity index (χ1v) is 6.10. The molecule has 0 unspecified atom stereocenters. The van der Waals surface area contributed by atoms with E-state index in [0.29, 0.717) is 0 Å². The van der Waals surface area contributed by atoms with Gasteiger partial charge in [-0.05, 0) is 33.6 Å². The van der Waals surface area contributed by atoms with E-state index in [-0.39, 0.29) is 25.9 Å². The average molecular weight is 272 g/mol. The first-order chi connectivity index (χ1) is 8.58. The van der Waals surface area contributed by atoms with Crippen LogP contribution in [0.3, 0.4) is 0 Å². The summed E-state index contributed by atoms with van der Waals surface area (Å²) in [6, 6.07) is 0. The molecule has 2 amide bonds. The summed E-state index contributed by atoms with van der Waals surface area (Å²) in [5.41, 5.74) is 2.99. The molecule has 0 spiro atoms. The van der Waals surface area contributed by atoms with Crippen molar-refractivity contribution in [3.63, 3.8) is 0 Å². The maximum absolute atomic E-state index is 11.8. The van der Waals surface area contributed by atoms with E-state index >= 15 is 0 Å². The molecule has 1 heterocycles. The van der Waals surface area contributed by atoms with Gasteiger partial charge in [-0.15, -0.1) is 0 Å². The number of nitrogens with zero attached hydrogens (tertiary/aromatic N) is 1. The van der Waals surface area contributed by atoms with Gasteiger partial charge in [0.1, 0.15) is 11.0 Å². The number of likely N-dealkylation sites (tertiary alicyclic amines) is 1. The molecule has 1 rings (SSSR count). The van der Waals surface area contributed by atoms with Gasteiger partial charge in [0, 0.05) is 13.1 Å². The van der Waals surface area contributed by atoms with Crippen LogP contribution in [0.4, 0.5) is 4.79 Å². The fourth-order valence-electron chi connectivity index (χ4n) is 1.96. The van der Waals surface area contributed by atoms with Crippen molar-refractivity contribution in [3.8, 4) is 0 Å². The largest absolute Gasteiger partial charge is 0.480 e. The van der Waals surface area contributed by atoms with Crippen LogP contribution in [-0.2, 0) is 14.3 Å². The van der Waals surface area contributed by atoms with E-state index in [2.05, 4.69) is 0 Å². The van der Waals surface area contributed by atoms with Crippen molar-refractivity contribution in [2.45, 2.75) is 39.2 Å². The second kappa shape index (κ2) is 5.07. The Morgan fingerprint density at radius 1 is 1.21 bits per heavy atom. The number of primary amides is 1. The molecule has 1 saturated heterocycles. The fraction of sp³-hybridized carbons (Fsp3) is 0.750. The van der Waals surface area contributed by atoms with E-state index in [4.69, 9.17) is 15.6 Å². The number of carboxylic acid groups (broad SMARTS) is 1. The number of aliphatic carboxylic acids is 1. The van der Waals surface area contributed by atoms with Gasteiger partial charge in [-0.3, -0.25) is 9.59 Å². The lowest BCUT2D eigenvalue weighted by Gasteiger charge is -2.37. The van der Waals surface area contributed by atoms with Crippen molar-refractivity contribution in [1.29, 1.82) is 0 Å². The van der Waals surface area contributed by atoms with Crippen LogP contribution in [0.5, 0.6) is 0 Å². The highest BCUT2D eigenvalue weighted by molar-refractivity contribution is 6.01. The number of rotatable bonds is 2. The highest BCUT2D eigenvalue weighted by Crippen LogP contribution is 2.32. The van der Waals surface area contributed by atoms with E-state index in [1.165, 1.54) is 4.90 Å². The lowest BCUT2D eigenvalue weighted by Crippen LogP contribution is -2.53. The number of nitrogens with two attached hydrogens (primary N) is 1. The molecule has 1 aliphatic heterocycles. The first kappa shape index (κ1) is 15.3. The summed E-state index contributed by atoms with van der Waals surface area (Å²) in [5, 5.41) is 9.13. The average Bonchev–Trinajstić information content (AvgIpc) is 2.26. The summed E-state index contributed by atoms with van der Waals surface area (Å²) in [7, 11) is 0. The first-order valence-electron chi connectivity index (χ1n) is 6.10. The number of amides is 2. The smallest absolute Gasteiger partial charge is 0.410 e. The molecule has 0 aromatic carbocycles. The Morgan fingerprint density at radius 3 is 2.00 bits per heavy atom. The second-order valence-electron chi connectivity index (χ2n) is 5.72. The van der Waals surface area contributed by atoms with Crippen molar-refractivity contribution < 1.29 is 24.2 Å². The molecule has 0 aromatic rings. The van der Waals surface area contributed by atoms with Crippen molar-refractivity contribution >= 4 is 18.0 Å². The number of piperidine rings is 1. The molecule has 0 bridgehead atoms.